The van der Waals surface area contributed by atoms with Crippen LogP contribution in [0.15, 0.2) is 0 Å². The van der Waals surface area contributed by atoms with Gasteiger partial charge in [0.15, 0.2) is 0 Å². The van der Waals surface area contributed by atoms with Gasteiger partial charge in [-0.05, 0) is 5.92 Å². The predicted molar refractivity (Wildman–Crippen MR) is 57.4 cm³/mol. The van der Waals surface area contributed by atoms with Gasteiger partial charge in [0.25, 0.3) is 0 Å². The Morgan fingerprint density at radius 1 is 1.40 bits per heavy atom. The second-order valence-corrected chi connectivity index (χ2v) is 4.25. The number of Topliss-reactive ketones (excluding diaryl/α,β-unsaturated/α-hetero) is 1. The van der Waals surface area contributed by atoms with Crippen LogP contribution in [0.1, 0.15) is 20.3 Å². The van der Waals surface area contributed by atoms with E-state index in [9.17, 15) is 4.79 Å². The molecule has 1 aliphatic heterocycles. The summed E-state index contributed by atoms with van der Waals surface area (Å²) in [6.07, 6.45) is 0.603. The fourth-order valence-corrected chi connectivity index (χ4v) is 1.94. The minimum atomic E-state index is -1.00. The van der Waals surface area contributed by atoms with Crippen molar-refractivity contribution in [1.29, 1.82) is 0 Å². The van der Waals surface area contributed by atoms with Crippen LogP contribution in [-0.2, 0) is 14.3 Å². The van der Waals surface area contributed by atoms with Crippen molar-refractivity contribution in [2.45, 2.75) is 26.1 Å². The number of carbonyl (C=O) groups excluding carboxylic acids is 1. The van der Waals surface area contributed by atoms with E-state index in [2.05, 4.69) is 18.7 Å². The largest absolute Gasteiger partial charge is 0.347 e. The maximum absolute atomic E-state index is 11.9. The van der Waals surface area contributed by atoms with Crippen LogP contribution in [0.4, 0.5) is 0 Å². The molecular formula is C11H20NO3. The number of rotatable bonds is 4. The van der Waals surface area contributed by atoms with Crippen molar-refractivity contribution in [2.75, 3.05) is 33.9 Å². The Morgan fingerprint density at radius 3 is 2.40 bits per heavy atom. The first-order chi connectivity index (χ1) is 7.04. The Balaban J connectivity index is 2.58. The molecule has 1 fully saturated rings. The molecule has 0 aromatic heterocycles. The SMILES string of the molecule is COC1(OC)CCN(C[C](C)C)CC1=O. The van der Waals surface area contributed by atoms with E-state index in [-0.39, 0.29) is 5.78 Å². The van der Waals surface area contributed by atoms with Crippen molar-refractivity contribution in [3.63, 3.8) is 0 Å². The monoisotopic (exact) mass is 214 g/mol. The summed E-state index contributed by atoms with van der Waals surface area (Å²) in [6.45, 7) is 6.25. The quantitative estimate of drug-likeness (QED) is 0.651. The van der Waals surface area contributed by atoms with E-state index in [1.807, 2.05) is 0 Å². The van der Waals surface area contributed by atoms with E-state index in [1.54, 1.807) is 0 Å². The molecule has 0 amide bonds. The molecule has 1 saturated heterocycles. The van der Waals surface area contributed by atoms with E-state index >= 15 is 0 Å². The van der Waals surface area contributed by atoms with Gasteiger partial charge in [0.05, 0.1) is 6.54 Å². The molecule has 0 bridgehead atoms. The smallest absolute Gasteiger partial charge is 0.231 e. The third kappa shape index (κ3) is 2.77. The highest BCUT2D eigenvalue weighted by Crippen LogP contribution is 2.23. The van der Waals surface area contributed by atoms with Gasteiger partial charge in [0.1, 0.15) is 0 Å². The van der Waals surface area contributed by atoms with Crippen molar-refractivity contribution in [2.24, 2.45) is 0 Å². The van der Waals surface area contributed by atoms with Gasteiger partial charge in [0, 0.05) is 33.7 Å². The Morgan fingerprint density at radius 2 is 2.00 bits per heavy atom. The highest BCUT2D eigenvalue weighted by molar-refractivity contribution is 5.88. The molecule has 4 nitrogen and oxygen atoms in total. The van der Waals surface area contributed by atoms with E-state index in [1.165, 1.54) is 20.1 Å². The molecule has 15 heavy (non-hydrogen) atoms. The van der Waals surface area contributed by atoms with Crippen molar-refractivity contribution in [1.82, 2.24) is 4.90 Å². The molecule has 1 heterocycles. The number of likely N-dealkylation sites (tertiary alicyclic amines) is 1. The second kappa shape index (κ2) is 5.05. The zero-order chi connectivity index (χ0) is 11.5. The van der Waals surface area contributed by atoms with Crippen LogP contribution in [-0.4, -0.2) is 50.3 Å². The topological polar surface area (TPSA) is 38.8 Å². The molecule has 0 spiro atoms. The molecule has 0 unspecified atom stereocenters. The average Bonchev–Trinajstić information content (AvgIpc) is 2.18. The normalized spacial score (nSPS) is 22.3. The molecule has 0 aliphatic carbocycles. The van der Waals surface area contributed by atoms with Gasteiger partial charge in [-0.25, -0.2) is 0 Å². The number of ketones is 1. The summed E-state index contributed by atoms with van der Waals surface area (Å²) in [4.78, 5) is 14.0. The fourth-order valence-electron chi connectivity index (χ4n) is 1.94. The van der Waals surface area contributed by atoms with Gasteiger partial charge < -0.3 is 9.47 Å². The molecular weight excluding hydrogens is 194 g/mol. The minimum absolute atomic E-state index is 0.0139. The molecule has 1 radical (unpaired) electrons. The van der Waals surface area contributed by atoms with Crippen LogP contribution in [0.3, 0.4) is 0 Å². The van der Waals surface area contributed by atoms with E-state index in [0.29, 0.717) is 13.0 Å². The Kier molecular flexibility index (Phi) is 4.25. The summed E-state index contributed by atoms with van der Waals surface area (Å²) in [5.41, 5.74) is 0. The lowest BCUT2D eigenvalue weighted by Crippen LogP contribution is -2.55. The maximum atomic E-state index is 11.9. The van der Waals surface area contributed by atoms with Crippen LogP contribution in [0.25, 0.3) is 0 Å². The zero-order valence-corrected chi connectivity index (χ0v) is 10.0. The lowest BCUT2D eigenvalue weighted by Gasteiger charge is -2.38. The zero-order valence-electron chi connectivity index (χ0n) is 10.0. The number of piperidine rings is 1. The third-order valence-electron chi connectivity index (χ3n) is 2.75. The first kappa shape index (κ1) is 12.6. The van der Waals surface area contributed by atoms with Crippen LogP contribution in [0, 0.1) is 5.92 Å². The summed E-state index contributed by atoms with van der Waals surface area (Å²) < 4.78 is 10.4. The number of nitrogens with zero attached hydrogens (tertiary/aromatic N) is 1. The van der Waals surface area contributed by atoms with Gasteiger partial charge >= 0.3 is 0 Å². The Bertz CT molecular complexity index is 224. The standard InChI is InChI=1S/C11H20NO3/c1-9(2)7-12-6-5-11(14-3,15-4)10(13)8-12/h5-8H2,1-4H3. The van der Waals surface area contributed by atoms with Gasteiger partial charge in [-0.1, -0.05) is 13.8 Å². The van der Waals surface area contributed by atoms with Gasteiger partial charge in [0.2, 0.25) is 11.6 Å². The molecule has 0 N–H and O–H groups in total. The number of hydrogen-bond acceptors (Lipinski definition) is 4. The molecule has 0 aromatic carbocycles. The molecule has 0 saturated carbocycles. The van der Waals surface area contributed by atoms with E-state index in [0.717, 1.165) is 13.1 Å². The van der Waals surface area contributed by atoms with Crippen LogP contribution in [0.2, 0.25) is 0 Å². The van der Waals surface area contributed by atoms with Crippen LogP contribution in [0.5, 0.6) is 0 Å². The molecule has 0 aromatic rings. The predicted octanol–water partition coefficient (Wildman–Crippen LogP) is 0.865. The van der Waals surface area contributed by atoms with E-state index in [4.69, 9.17) is 9.47 Å². The summed E-state index contributed by atoms with van der Waals surface area (Å²) in [5, 5.41) is 0. The summed E-state index contributed by atoms with van der Waals surface area (Å²) >= 11 is 0. The van der Waals surface area contributed by atoms with E-state index < -0.39 is 5.79 Å². The molecule has 1 rings (SSSR count). The van der Waals surface area contributed by atoms with Crippen LogP contribution < -0.4 is 0 Å². The van der Waals surface area contributed by atoms with Crippen molar-refractivity contribution in [3.05, 3.63) is 5.92 Å². The van der Waals surface area contributed by atoms with Gasteiger partial charge in [-0.2, -0.15) is 0 Å². The number of ether oxygens (including phenoxy) is 2. The molecule has 4 heteroatoms. The Labute approximate surface area is 91.5 Å². The lowest BCUT2D eigenvalue weighted by molar-refractivity contribution is -0.218. The van der Waals surface area contributed by atoms with Crippen molar-refractivity contribution in [3.8, 4) is 0 Å². The lowest BCUT2D eigenvalue weighted by atomic mass is 10.0. The fraction of sp³-hybridized carbons (Fsp3) is 0.818. The maximum Gasteiger partial charge on any atom is 0.231 e. The third-order valence-corrected chi connectivity index (χ3v) is 2.75. The number of methoxy groups -OCH3 is 2. The Hall–Kier alpha value is -0.450. The molecule has 87 valence electrons. The number of carbonyl (C=O) groups is 1. The second-order valence-electron chi connectivity index (χ2n) is 4.25. The minimum Gasteiger partial charge on any atom is -0.347 e. The summed E-state index contributed by atoms with van der Waals surface area (Å²) in [7, 11) is 3.04. The average molecular weight is 214 g/mol. The first-order valence-corrected chi connectivity index (χ1v) is 5.19. The summed E-state index contributed by atoms with van der Waals surface area (Å²) in [6, 6.07) is 0. The van der Waals surface area contributed by atoms with Gasteiger partial charge in [-0.3, -0.25) is 9.69 Å². The molecule has 0 atom stereocenters. The number of hydrogen-bond donors (Lipinski definition) is 0. The first-order valence-electron chi connectivity index (χ1n) is 5.19. The van der Waals surface area contributed by atoms with Crippen LogP contribution >= 0.6 is 0 Å². The highest BCUT2D eigenvalue weighted by Gasteiger charge is 2.42. The highest BCUT2D eigenvalue weighted by atomic mass is 16.7. The van der Waals surface area contributed by atoms with Gasteiger partial charge in [-0.15, -0.1) is 0 Å². The molecule has 1 aliphatic rings. The van der Waals surface area contributed by atoms with Crippen molar-refractivity contribution >= 4 is 5.78 Å². The van der Waals surface area contributed by atoms with Crippen molar-refractivity contribution < 1.29 is 14.3 Å². The summed E-state index contributed by atoms with van der Waals surface area (Å²) in [5.74, 6) is 0.322.